The molecule has 0 aromatic carbocycles. The van der Waals surface area contributed by atoms with Crippen molar-refractivity contribution >= 4 is 7.82 Å². The van der Waals surface area contributed by atoms with Crippen LogP contribution >= 0.6 is 7.82 Å². The van der Waals surface area contributed by atoms with Crippen LogP contribution in [0.2, 0.25) is 0 Å². The van der Waals surface area contributed by atoms with E-state index in [1.807, 2.05) is 0 Å². The average molecular weight is 140 g/mol. The summed E-state index contributed by atoms with van der Waals surface area (Å²) in [6.07, 6.45) is 0. The van der Waals surface area contributed by atoms with Crippen LogP contribution in [-0.2, 0) is 13.6 Å². The van der Waals surface area contributed by atoms with E-state index < -0.39 is 7.82 Å². The Morgan fingerprint density at radius 2 is 1.62 bits per heavy atom. The van der Waals surface area contributed by atoms with Crippen molar-refractivity contribution in [1.82, 2.24) is 0 Å². The molecular formula is C3H9O4P. The topological polar surface area (TPSA) is 58.6 Å². The number of phosphoric acid groups is 1. The standard InChI is InChI=1S/C2H7O4P.CH3/c1-5-7(3,4)6-2;/h1-2H3,(H,3,4);1H3/q;+1/p-1. The van der Waals surface area contributed by atoms with Crippen LogP contribution in [-0.4, -0.2) is 14.2 Å². The van der Waals surface area contributed by atoms with Crippen LogP contribution in [0.15, 0.2) is 0 Å². The number of hydrogen-bond donors (Lipinski definition) is 0. The Morgan fingerprint density at radius 1 is 1.38 bits per heavy atom. The first-order valence-corrected chi connectivity index (χ1v) is 3.01. The molecule has 0 aliphatic carbocycles. The minimum absolute atomic E-state index is 0. The third kappa shape index (κ3) is 4.15. The summed E-state index contributed by atoms with van der Waals surface area (Å²) in [5, 5.41) is 0. The molecule has 0 N–H and O–H groups in total. The van der Waals surface area contributed by atoms with Gasteiger partial charge in [-0.15, -0.1) is 0 Å². The van der Waals surface area contributed by atoms with Crippen LogP contribution in [0, 0.1) is 7.43 Å². The van der Waals surface area contributed by atoms with Crippen molar-refractivity contribution in [2.45, 2.75) is 0 Å². The first kappa shape index (κ1) is 10.9. The van der Waals surface area contributed by atoms with Gasteiger partial charge >= 0.3 is 0 Å². The van der Waals surface area contributed by atoms with E-state index in [0.29, 0.717) is 0 Å². The van der Waals surface area contributed by atoms with Crippen LogP contribution < -0.4 is 4.89 Å². The molecule has 0 spiro atoms. The Balaban J connectivity index is 0. The van der Waals surface area contributed by atoms with Crippen molar-refractivity contribution in [2.75, 3.05) is 14.2 Å². The first-order chi connectivity index (χ1) is 3.12. The molecule has 0 aliphatic heterocycles. The molecular weight excluding hydrogens is 131 g/mol. The van der Waals surface area contributed by atoms with Gasteiger partial charge in [0, 0.05) is 21.6 Å². The Labute approximate surface area is 49.0 Å². The summed E-state index contributed by atoms with van der Waals surface area (Å²) in [4.78, 5) is 9.95. The summed E-state index contributed by atoms with van der Waals surface area (Å²) in [7, 11) is -1.83. The van der Waals surface area contributed by atoms with Gasteiger partial charge < -0.3 is 13.9 Å². The summed E-state index contributed by atoms with van der Waals surface area (Å²) >= 11 is 0. The summed E-state index contributed by atoms with van der Waals surface area (Å²) in [6.45, 7) is 0. The minimum Gasteiger partial charge on any atom is -0.756 e. The van der Waals surface area contributed by atoms with E-state index in [0.717, 1.165) is 14.2 Å². The highest BCUT2D eigenvalue weighted by molar-refractivity contribution is 7.45. The molecule has 0 amide bonds. The molecule has 0 fully saturated rings. The van der Waals surface area contributed by atoms with E-state index in [2.05, 4.69) is 9.05 Å². The Kier molecular flexibility index (Phi) is 5.33. The Hall–Kier alpha value is -0.0200. The molecule has 5 heteroatoms. The van der Waals surface area contributed by atoms with Crippen molar-refractivity contribution in [2.24, 2.45) is 0 Å². The van der Waals surface area contributed by atoms with E-state index in [9.17, 15) is 9.46 Å². The molecule has 0 atom stereocenters. The van der Waals surface area contributed by atoms with Gasteiger partial charge in [-0.25, -0.2) is 0 Å². The van der Waals surface area contributed by atoms with Crippen LogP contribution in [0.25, 0.3) is 0 Å². The fraction of sp³-hybridized carbons (Fsp3) is 0.667. The fourth-order valence-corrected chi connectivity index (χ4v) is 0.224. The molecule has 0 bridgehead atoms. The van der Waals surface area contributed by atoms with E-state index >= 15 is 0 Å². The second-order valence-corrected chi connectivity index (χ2v) is 2.44. The van der Waals surface area contributed by atoms with Gasteiger partial charge in [0.2, 0.25) is 0 Å². The molecule has 0 unspecified atom stereocenters. The molecule has 0 saturated heterocycles. The van der Waals surface area contributed by atoms with Crippen molar-refractivity contribution < 1.29 is 18.5 Å². The number of rotatable bonds is 2. The van der Waals surface area contributed by atoms with Crippen molar-refractivity contribution in [3.05, 3.63) is 7.43 Å². The molecule has 0 radical (unpaired) electrons. The predicted molar refractivity (Wildman–Crippen MR) is 28.0 cm³/mol. The van der Waals surface area contributed by atoms with Crippen molar-refractivity contribution in [1.29, 1.82) is 0 Å². The molecule has 4 nitrogen and oxygen atoms in total. The van der Waals surface area contributed by atoms with Gasteiger partial charge in [0.25, 0.3) is 7.82 Å². The van der Waals surface area contributed by atoms with E-state index in [-0.39, 0.29) is 7.43 Å². The van der Waals surface area contributed by atoms with Crippen LogP contribution in [0.1, 0.15) is 0 Å². The maximum absolute atomic E-state index is 9.95. The third-order valence-electron chi connectivity index (χ3n) is 0.447. The molecule has 0 aromatic heterocycles. The summed E-state index contributed by atoms with van der Waals surface area (Å²) in [5.41, 5.74) is 0. The lowest BCUT2D eigenvalue weighted by Crippen LogP contribution is -2.02. The van der Waals surface area contributed by atoms with E-state index in [1.165, 1.54) is 0 Å². The zero-order chi connectivity index (χ0) is 5.91. The van der Waals surface area contributed by atoms with Gasteiger partial charge in [-0.05, 0) is 0 Å². The lowest BCUT2D eigenvalue weighted by molar-refractivity contribution is -0.220. The predicted octanol–water partition coefficient (Wildman–Crippen LogP) is 0.198. The molecule has 0 aliphatic rings. The summed E-state index contributed by atoms with van der Waals surface area (Å²) < 4.78 is 17.7. The highest BCUT2D eigenvalue weighted by Crippen LogP contribution is 2.34. The highest BCUT2D eigenvalue weighted by atomic mass is 31.2. The van der Waals surface area contributed by atoms with Gasteiger partial charge in [-0.1, -0.05) is 0 Å². The third-order valence-corrected chi connectivity index (χ3v) is 1.34. The second-order valence-electron chi connectivity index (χ2n) is 0.812. The second kappa shape index (κ2) is 3.92. The zero-order valence-corrected chi connectivity index (χ0v) is 5.97. The molecule has 0 aromatic rings. The van der Waals surface area contributed by atoms with Gasteiger partial charge in [-0.2, -0.15) is 0 Å². The van der Waals surface area contributed by atoms with E-state index in [4.69, 9.17) is 0 Å². The quantitative estimate of drug-likeness (QED) is 0.406. The molecule has 8 heavy (non-hydrogen) atoms. The maximum Gasteiger partial charge on any atom is 0.267 e. The highest BCUT2D eigenvalue weighted by Gasteiger charge is 1.98. The molecule has 50 valence electrons. The normalized spacial score (nSPS) is 10.4. The summed E-state index contributed by atoms with van der Waals surface area (Å²) in [5.74, 6) is 0. The molecule has 0 saturated carbocycles. The maximum atomic E-state index is 9.95. The zero-order valence-electron chi connectivity index (χ0n) is 5.08. The SMILES string of the molecule is COP(=O)([O-])OC.[CH3+]. The van der Waals surface area contributed by atoms with Gasteiger partial charge in [-0.3, -0.25) is 4.57 Å². The lowest BCUT2D eigenvalue weighted by atomic mass is 11.8. The number of hydrogen-bond acceptors (Lipinski definition) is 4. The molecule has 0 rings (SSSR count). The van der Waals surface area contributed by atoms with Crippen LogP contribution in [0.5, 0.6) is 0 Å². The average Bonchev–Trinajstić information content (AvgIpc) is 1.68. The summed E-state index contributed by atoms with van der Waals surface area (Å²) in [6, 6.07) is 0. The fourth-order valence-electron chi connectivity index (χ4n) is 0.0745. The van der Waals surface area contributed by atoms with Gasteiger partial charge in [0.15, 0.2) is 0 Å². The van der Waals surface area contributed by atoms with Crippen LogP contribution in [0.4, 0.5) is 0 Å². The smallest absolute Gasteiger partial charge is 0.267 e. The van der Waals surface area contributed by atoms with Gasteiger partial charge in [0.05, 0.1) is 0 Å². The van der Waals surface area contributed by atoms with Crippen molar-refractivity contribution in [3.63, 3.8) is 0 Å². The molecule has 0 heterocycles. The first-order valence-electron chi connectivity index (χ1n) is 1.55. The van der Waals surface area contributed by atoms with Crippen molar-refractivity contribution in [3.8, 4) is 0 Å². The van der Waals surface area contributed by atoms with E-state index in [1.54, 1.807) is 0 Å². The monoisotopic (exact) mass is 140 g/mol. The Morgan fingerprint density at radius 3 is 1.62 bits per heavy atom. The van der Waals surface area contributed by atoms with Crippen LogP contribution in [0.3, 0.4) is 0 Å². The largest absolute Gasteiger partial charge is 0.756 e. The Bertz CT molecular complexity index is 83.3. The number of phosphoric ester groups is 1. The minimum atomic E-state index is -3.90. The lowest BCUT2D eigenvalue weighted by Gasteiger charge is -2.16. The van der Waals surface area contributed by atoms with Gasteiger partial charge in [0.1, 0.15) is 0 Å².